The highest BCUT2D eigenvalue weighted by Gasteiger charge is 1.95. The average Bonchev–Trinajstić information content (AvgIpc) is 1.88. The van der Waals surface area contributed by atoms with Crippen LogP contribution in [0.2, 0.25) is 0 Å². The molecule has 1 unspecified atom stereocenters. The van der Waals surface area contributed by atoms with E-state index in [0.29, 0.717) is 0 Å². The number of nitrogens with two attached hydrogens (primary N) is 1. The second kappa shape index (κ2) is 3.74. The zero-order valence-corrected chi connectivity index (χ0v) is 7.21. The Morgan fingerprint density at radius 1 is 1.30 bits per heavy atom. The molecule has 2 N–H and O–H groups in total. The smallest absolute Gasteiger partial charge is 0.0646 e. The lowest BCUT2D eigenvalue weighted by Crippen LogP contribution is -2.13. The molecule has 0 saturated carbocycles. The molecule has 1 aromatic rings. The molecular formula is C8H10BrN. The van der Waals surface area contributed by atoms with Crippen molar-refractivity contribution in [2.45, 2.75) is 11.4 Å². The maximum Gasteiger partial charge on any atom is 0.0646 e. The highest BCUT2D eigenvalue weighted by Crippen LogP contribution is 2.04. The number of alkyl halides is 1. The molecule has 1 nitrogen and oxygen atoms in total. The van der Waals surface area contributed by atoms with Crippen LogP contribution in [-0.4, -0.2) is 4.95 Å². The van der Waals surface area contributed by atoms with Crippen molar-refractivity contribution in [1.82, 2.24) is 0 Å². The van der Waals surface area contributed by atoms with Crippen LogP contribution in [0.5, 0.6) is 0 Å². The van der Waals surface area contributed by atoms with Crippen LogP contribution in [0.3, 0.4) is 0 Å². The lowest BCUT2D eigenvalue weighted by atomic mass is 10.2. The zero-order valence-electron chi connectivity index (χ0n) is 5.63. The van der Waals surface area contributed by atoms with Gasteiger partial charge in [0.25, 0.3) is 0 Å². The topological polar surface area (TPSA) is 26.0 Å². The minimum Gasteiger partial charge on any atom is -0.319 e. The number of rotatable bonds is 2. The van der Waals surface area contributed by atoms with E-state index in [1.165, 1.54) is 5.56 Å². The van der Waals surface area contributed by atoms with Gasteiger partial charge in [0.05, 0.1) is 4.95 Å². The third kappa shape index (κ3) is 2.50. The molecule has 1 atom stereocenters. The number of halogens is 1. The van der Waals surface area contributed by atoms with Gasteiger partial charge in [-0.1, -0.05) is 46.3 Å². The first-order valence-electron chi connectivity index (χ1n) is 3.22. The molecule has 2 heteroatoms. The highest BCUT2D eigenvalue weighted by atomic mass is 79.9. The number of benzene rings is 1. The van der Waals surface area contributed by atoms with E-state index in [2.05, 4.69) is 28.1 Å². The Morgan fingerprint density at radius 3 is 2.40 bits per heavy atom. The third-order valence-electron chi connectivity index (χ3n) is 1.27. The van der Waals surface area contributed by atoms with Crippen LogP contribution in [0.15, 0.2) is 30.3 Å². The van der Waals surface area contributed by atoms with E-state index < -0.39 is 0 Å². The predicted octanol–water partition coefficient (Wildman–Crippen LogP) is 1.91. The zero-order chi connectivity index (χ0) is 7.40. The van der Waals surface area contributed by atoms with E-state index >= 15 is 0 Å². The molecule has 0 aliphatic rings. The molecule has 0 radical (unpaired) electrons. The molecule has 0 aliphatic heterocycles. The van der Waals surface area contributed by atoms with Crippen LogP contribution in [0.25, 0.3) is 0 Å². The summed E-state index contributed by atoms with van der Waals surface area (Å²) in [4.78, 5) is 0.0786. The second-order valence-corrected chi connectivity index (χ2v) is 3.38. The summed E-state index contributed by atoms with van der Waals surface area (Å²) in [6.45, 7) is 0. The van der Waals surface area contributed by atoms with Gasteiger partial charge < -0.3 is 5.73 Å². The Balaban J connectivity index is 2.59. The average molecular weight is 200 g/mol. The van der Waals surface area contributed by atoms with Crippen molar-refractivity contribution in [3.63, 3.8) is 0 Å². The minimum absolute atomic E-state index is 0.0786. The second-order valence-electron chi connectivity index (χ2n) is 2.21. The minimum atomic E-state index is 0.0786. The Bertz CT molecular complexity index is 184. The molecule has 0 heterocycles. The van der Waals surface area contributed by atoms with Gasteiger partial charge in [0.2, 0.25) is 0 Å². The molecule has 1 aromatic carbocycles. The summed E-state index contributed by atoms with van der Waals surface area (Å²) in [5.74, 6) is 0. The molecule has 0 amide bonds. The predicted molar refractivity (Wildman–Crippen MR) is 47.0 cm³/mol. The molecule has 1 rings (SSSR count). The molecular weight excluding hydrogens is 190 g/mol. The normalized spacial score (nSPS) is 13.0. The molecule has 0 aromatic heterocycles. The van der Waals surface area contributed by atoms with E-state index in [0.717, 1.165) is 6.42 Å². The molecule has 0 spiro atoms. The lowest BCUT2D eigenvalue weighted by Gasteiger charge is -2.01. The standard InChI is InChI=1S/C8H10BrN/c9-8(10)6-7-4-2-1-3-5-7/h1-5,8H,6,10H2. The Hall–Kier alpha value is -0.340. The first kappa shape index (κ1) is 7.76. The summed E-state index contributed by atoms with van der Waals surface area (Å²) in [5.41, 5.74) is 6.81. The van der Waals surface area contributed by atoms with Crippen molar-refractivity contribution in [3.8, 4) is 0 Å². The van der Waals surface area contributed by atoms with Crippen LogP contribution in [0.1, 0.15) is 5.56 Å². The summed E-state index contributed by atoms with van der Waals surface area (Å²) in [7, 11) is 0. The maximum absolute atomic E-state index is 5.54. The Kier molecular flexibility index (Phi) is 2.90. The van der Waals surface area contributed by atoms with Crippen LogP contribution >= 0.6 is 15.9 Å². The van der Waals surface area contributed by atoms with Crippen molar-refractivity contribution in [2.75, 3.05) is 0 Å². The van der Waals surface area contributed by atoms with Crippen molar-refractivity contribution < 1.29 is 0 Å². The van der Waals surface area contributed by atoms with Crippen LogP contribution in [0.4, 0.5) is 0 Å². The summed E-state index contributed by atoms with van der Waals surface area (Å²) in [6.07, 6.45) is 0.890. The van der Waals surface area contributed by atoms with Gasteiger partial charge in [-0.2, -0.15) is 0 Å². The summed E-state index contributed by atoms with van der Waals surface area (Å²) >= 11 is 3.29. The van der Waals surface area contributed by atoms with Crippen molar-refractivity contribution in [3.05, 3.63) is 35.9 Å². The van der Waals surface area contributed by atoms with Crippen LogP contribution in [0, 0.1) is 0 Å². The Labute approximate surface area is 69.4 Å². The third-order valence-corrected chi connectivity index (χ3v) is 1.60. The fourth-order valence-corrected chi connectivity index (χ4v) is 1.21. The monoisotopic (exact) mass is 199 g/mol. The Morgan fingerprint density at radius 2 is 1.90 bits per heavy atom. The van der Waals surface area contributed by atoms with Gasteiger partial charge >= 0.3 is 0 Å². The molecule has 0 aliphatic carbocycles. The summed E-state index contributed by atoms with van der Waals surface area (Å²) in [5, 5.41) is 0. The largest absolute Gasteiger partial charge is 0.319 e. The maximum atomic E-state index is 5.54. The van der Waals surface area contributed by atoms with Gasteiger partial charge in [0, 0.05) is 0 Å². The van der Waals surface area contributed by atoms with Crippen molar-refractivity contribution >= 4 is 15.9 Å². The van der Waals surface area contributed by atoms with E-state index in [1.807, 2.05) is 18.2 Å². The molecule has 10 heavy (non-hydrogen) atoms. The summed E-state index contributed by atoms with van der Waals surface area (Å²) in [6, 6.07) is 10.2. The van der Waals surface area contributed by atoms with Gasteiger partial charge in [-0.3, -0.25) is 0 Å². The van der Waals surface area contributed by atoms with Crippen molar-refractivity contribution in [1.29, 1.82) is 0 Å². The van der Waals surface area contributed by atoms with E-state index in [4.69, 9.17) is 5.73 Å². The van der Waals surface area contributed by atoms with Gasteiger partial charge in [-0.25, -0.2) is 0 Å². The SMILES string of the molecule is NC(Br)Cc1ccccc1. The quantitative estimate of drug-likeness (QED) is 0.572. The highest BCUT2D eigenvalue weighted by molar-refractivity contribution is 9.09. The number of hydrogen-bond acceptors (Lipinski definition) is 1. The van der Waals surface area contributed by atoms with E-state index in [9.17, 15) is 0 Å². The van der Waals surface area contributed by atoms with Crippen molar-refractivity contribution in [2.24, 2.45) is 5.73 Å². The first-order valence-corrected chi connectivity index (χ1v) is 4.14. The van der Waals surface area contributed by atoms with Crippen LogP contribution < -0.4 is 5.73 Å². The fourth-order valence-electron chi connectivity index (χ4n) is 0.839. The van der Waals surface area contributed by atoms with E-state index in [-0.39, 0.29) is 4.95 Å². The molecule has 0 fully saturated rings. The fraction of sp³-hybridized carbons (Fsp3) is 0.250. The first-order chi connectivity index (χ1) is 4.79. The van der Waals surface area contributed by atoms with Gasteiger partial charge in [0.15, 0.2) is 0 Å². The van der Waals surface area contributed by atoms with Gasteiger partial charge in [-0.15, -0.1) is 0 Å². The molecule has 0 saturated heterocycles. The van der Waals surface area contributed by atoms with Gasteiger partial charge in [-0.05, 0) is 12.0 Å². The lowest BCUT2D eigenvalue weighted by molar-refractivity contribution is 0.918. The summed E-state index contributed by atoms with van der Waals surface area (Å²) < 4.78 is 0. The van der Waals surface area contributed by atoms with Gasteiger partial charge in [0.1, 0.15) is 0 Å². The number of hydrogen-bond donors (Lipinski definition) is 1. The molecule has 54 valence electrons. The molecule has 0 bridgehead atoms. The van der Waals surface area contributed by atoms with E-state index in [1.54, 1.807) is 0 Å². The van der Waals surface area contributed by atoms with Crippen LogP contribution in [-0.2, 0) is 6.42 Å².